The van der Waals surface area contributed by atoms with Crippen molar-refractivity contribution in [3.05, 3.63) is 40.7 Å². The number of imidazole rings is 1. The molecule has 0 unspecified atom stereocenters. The number of fused-ring (bicyclic) bond motifs is 2. The lowest BCUT2D eigenvalue weighted by Gasteiger charge is -2.49. The Kier molecular flexibility index (Phi) is 8.17. The third-order valence-corrected chi connectivity index (χ3v) is 9.46. The van der Waals surface area contributed by atoms with Crippen LogP contribution in [0.5, 0.6) is 0 Å². The highest BCUT2D eigenvalue weighted by atomic mass is 32.2. The van der Waals surface area contributed by atoms with Crippen LogP contribution < -0.4 is 20.3 Å². The Morgan fingerprint density at radius 2 is 2.19 bits per heavy atom. The van der Waals surface area contributed by atoms with Gasteiger partial charge in [0.05, 0.1) is 0 Å². The van der Waals surface area contributed by atoms with Gasteiger partial charge in [-0.05, 0) is 6.92 Å². The Labute approximate surface area is 247 Å². The van der Waals surface area contributed by atoms with Gasteiger partial charge in [-0.15, -0.1) is 11.8 Å². The maximum Gasteiger partial charge on any atom is 0.352 e. The summed E-state index contributed by atoms with van der Waals surface area (Å²) >= 11 is 3.31. The van der Waals surface area contributed by atoms with Crippen LogP contribution in [0.15, 0.2) is 34.2 Å². The van der Waals surface area contributed by atoms with Gasteiger partial charge in [0.1, 0.15) is 42.1 Å². The molecule has 224 valence electrons. The zero-order valence-corrected chi connectivity index (χ0v) is 24.5. The zero-order chi connectivity index (χ0) is 30.3. The molecule has 0 saturated carbocycles. The van der Waals surface area contributed by atoms with Crippen LogP contribution in [-0.2, 0) is 36.1 Å². The molecule has 2 aliphatic heterocycles. The summed E-state index contributed by atoms with van der Waals surface area (Å²) in [5, 5.41) is 16.9. The molecule has 6 N–H and O–H groups in total. The number of carboxylic acids is 1. The molecule has 0 bridgehead atoms. The minimum absolute atomic E-state index is 0.00972. The first kappa shape index (κ1) is 29.8. The molecule has 2 amide bonds. The molecule has 1 fully saturated rings. The average Bonchev–Trinajstić information content (AvgIpc) is 3.62. The van der Waals surface area contributed by atoms with Crippen molar-refractivity contribution in [2.75, 3.05) is 18.3 Å². The van der Waals surface area contributed by atoms with Crippen molar-refractivity contribution in [3.63, 3.8) is 0 Å². The van der Waals surface area contributed by atoms with Gasteiger partial charge < -0.3 is 21.0 Å². The van der Waals surface area contributed by atoms with Crippen LogP contribution in [0.2, 0.25) is 0 Å². The molecule has 0 aliphatic carbocycles. The van der Waals surface area contributed by atoms with Gasteiger partial charge in [-0.2, -0.15) is 26.9 Å². The van der Waals surface area contributed by atoms with Gasteiger partial charge in [-0.1, -0.05) is 16.5 Å². The van der Waals surface area contributed by atoms with Gasteiger partial charge in [0.2, 0.25) is 16.4 Å². The second-order valence-corrected chi connectivity index (χ2v) is 12.8. The van der Waals surface area contributed by atoms with Crippen LogP contribution in [0.1, 0.15) is 24.6 Å². The number of nitrogens with one attached hydrogen (secondary N) is 2. The fraction of sp³-hybridized carbons (Fsp3) is 0.350. The van der Waals surface area contributed by atoms with Crippen molar-refractivity contribution in [1.82, 2.24) is 28.7 Å². The Hall–Kier alpha value is -3.70. The number of aliphatic carboxylic acids is 1. The van der Waals surface area contributed by atoms with E-state index in [9.17, 15) is 36.9 Å². The molecule has 17 nitrogen and oxygen atoms in total. The van der Waals surface area contributed by atoms with Gasteiger partial charge in [0.15, 0.2) is 5.13 Å². The number of nitrogens with two attached hydrogens (primary N) is 1. The summed E-state index contributed by atoms with van der Waals surface area (Å²) < 4.78 is 54.1. The summed E-state index contributed by atoms with van der Waals surface area (Å²) in [6.07, 6.45) is 3.40. The van der Waals surface area contributed by atoms with Gasteiger partial charge in [-0.3, -0.25) is 19.0 Å². The molecule has 0 aromatic carbocycles. The van der Waals surface area contributed by atoms with E-state index in [4.69, 9.17) is 5.73 Å². The van der Waals surface area contributed by atoms with Crippen LogP contribution in [-0.4, -0.2) is 84.3 Å². The van der Waals surface area contributed by atoms with Crippen molar-refractivity contribution in [2.45, 2.75) is 30.9 Å². The van der Waals surface area contributed by atoms with E-state index in [2.05, 4.69) is 29.4 Å². The zero-order valence-electron chi connectivity index (χ0n) is 21.2. The number of amides is 2. The molecule has 3 aromatic rings. The highest BCUT2D eigenvalue weighted by Crippen LogP contribution is 2.40. The number of hydrogen-bond donors (Lipinski definition) is 5. The minimum atomic E-state index is -4.55. The van der Waals surface area contributed by atoms with E-state index in [-0.39, 0.29) is 29.0 Å². The second kappa shape index (κ2) is 11.5. The molecule has 5 rings (SSSR count). The van der Waals surface area contributed by atoms with Crippen molar-refractivity contribution in [2.24, 2.45) is 5.16 Å². The minimum Gasteiger partial charge on any atom is -0.477 e. The van der Waals surface area contributed by atoms with Crippen molar-refractivity contribution >= 4 is 78.4 Å². The van der Waals surface area contributed by atoms with Gasteiger partial charge in [0, 0.05) is 28.2 Å². The second-order valence-electron chi connectivity index (χ2n) is 8.79. The maximum atomic E-state index is 13.2. The molecular formula is C20H21FN9O8S4+. The molecule has 22 heteroatoms. The van der Waals surface area contributed by atoms with Crippen molar-refractivity contribution in [1.29, 1.82) is 0 Å². The number of nitrogens with zero attached hydrogens (tertiary/aromatic N) is 6. The number of carbonyl (C=O) groups excluding carboxylic acids is 2. The summed E-state index contributed by atoms with van der Waals surface area (Å²) in [4.78, 5) is 48.4. The number of halogens is 1. The summed E-state index contributed by atoms with van der Waals surface area (Å²) in [5.74, 6) is -2.73. The van der Waals surface area contributed by atoms with Gasteiger partial charge in [-0.25, -0.2) is 13.8 Å². The number of alkyl halides is 1. The predicted molar refractivity (Wildman–Crippen MR) is 146 cm³/mol. The molecule has 0 radical (unpaired) electrons. The summed E-state index contributed by atoms with van der Waals surface area (Å²) in [7, 11) is -4.55. The largest absolute Gasteiger partial charge is 0.477 e. The third kappa shape index (κ3) is 5.67. The van der Waals surface area contributed by atoms with Crippen molar-refractivity contribution < 1.29 is 46.3 Å². The van der Waals surface area contributed by atoms with E-state index in [1.807, 2.05) is 0 Å². The van der Waals surface area contributed by atoms with E-state index in [0.717, 1.165) is 21.3 Å². The fourth-order valence-electron chi connectivity index (χ4n) is 4.60. The molecule has 3 aromatic heterocycles. The number of aromatic nitrogens is 4. The lowest BCUT2D eigenvalue weighted by molar-refractivity contribution is -0.696. The monoisotopic (exact) mass is 662 g/mol. The summed E-state index contributed by atoms with van der Waals surface area (Å²) in [5.41, 5.74) is 5.10. The first-order valence-corrected chi connectivity index (χ1v) is 15.8. The van der Waals surface area contributed by atoms with E-state index < -0.39 is 58.1 Å². The highest BCUT2D eigenvalue weighted by Gasteiger charge is 2.55. The number of carboxylic acid groups (broad SMARTS) is 1. The van der Waals surface area contributed by atoms with Gasteiger partial charge >= 0.3 is 16.3 Å². The van der Waals surface area contributed by atoms with Crippen LogP contribution >= 0.6 is 34.6 Å². The fourth-order valence-corrected chi connectivity index (χ4v) is 7.70. The Bertz CT molecular complexity index is 1750. The topological polar surface area (TPSA) is 235 Å². The smallest absolute Gasteiger partial charge is 0.352 e. The number of anilines is 1. The first-order chi connectivity index (χ1) is 19.9. The third-order valence-electron chi connectivity index (χ3n) is 6.13. The average molecular weight is 663 g/mol. The Morgan fingerprint density at radius 3 is 2.83 bits per heavy atom. The normalized spacial score (nSPS) is 19.9. The van der Waals surface area contributed by atoms with Crippen molar-refractivity contribution in [3.8, 4) is 0 Å². The Morgan fingerprint density at radius 1 is 1.43 bits per heavy atom. The first-order valence-electron chi connectivity index (χ1n) is 11.7. The molecular weight excluding hydrogens is 642 g/mol. The SMILES string of the molecule is C[C@@H](NS(=O)(=O)O)c1n2ccsc2c[n+]1CC1=C(C(=O)O)N2C(=O)[C@@H](NC(=O)/C(=N\OCF)c3nsc(N)n3)[C@H]2SC1. The lowest BCUT2D eigenvalue weighted by atomic mass is 10.0. The quantitative estimate of drug-likeness (QED) is 0.0562. The molecule has 3 atom stereocenters. The molecule has 1 saturated heterocycles. The molecule has 2 aliphatic rings. The predicted octanol–water partition coefficient (Wildman–Crippen LogP) is -0.738. The lowest BCUT2D eigenvalue weighted by Crippen LogP contribution is -2.71. The molecule has 5 heterocycles. The summed E-state index contributed by atoms with van der Waals surface area (Å²) in [6.45, 7) is 0.155. The van der Waals surface area contributed by atoms with Crippen LogP contribution in [0, 0.1) is 0 Å². The Balaban J connectivity index is 1.40. The number of nitrogen functional groups attached to an aromatic ring is 1. The number of carbonyl (C=O) groups is 3. The number of hydrogen-bond acceptors (Lipinski definition) is 13. The van der Waals surface area contributed by atoms with Crippen LogP contribution in [0.4, 0.5) is 9.52 Å². The molecule has 42 heavy (non-hydrogen) atoms. The number of thiazole rings is 1. The standard InChI is InChI=1S/C20H20FN9O8S4/c1-8(27-42(35,36)37)16-28(5-10-29(16)2-3-39-10)4-9-6-40-18-12(17(32)30(18)13(9)19(33)34)23-15(31)11(25-38-7-21)14-24-20(22)41-26-14/h2-3,5,8,12,18,27H,4,6-7H2,1H3,(H4-,22,23,24,26,31,33,34,35,36,37)/p+1/b25-11-/t8-,12-,18-/m1/s1. The van der Waals surface area contributed by atoms with E-state index in [1.54, 1.807) is 26.7 Å². The summed E-state index contributed by atoms with van der Waals surface area (Å²) in [6, 6.07) is -2.05. The number of β-lactam (4-membered cyclic amide) rings is 1. The number of thioether (sulfide) groups is 1. The maximum absolute atomic E-state index is 13.2. The van der Waals surface area contributed by atoms with E-state index >= 15 is 0 Å². The van der Waals surface area contributed by atoms with E-state index in [1.165, 1.54) is 30.0 Å². The van der Waals surface area contributed by atoms with E-state index in [0.29, 0.717) is 11.4 Å². The number of rotatable bonds is 11. The van der Waals surface area contributed by atoms with Gasteiger partial charge in [0.25, 0.3) is 24.5 Å². The number of oxime groups is 1. The van der Waals surface area contributed by atoms with Crippen LogP contribution in [0.25, 0.3) is 4.83 Å². The molecule has 0 spiro atoms. The van der Waals surface area contributed by atoms with Crippen LogP contribution in [0.3, 0.4) is 0 Å². The highest BCUT2D eigenvalue weighted by molar-refractivity contribution is 8.00.